The Kier molecular flexibility index (Phi) is 5.29. The molecule has 0 saturated heterocycles. The zero-order valence-electron chi connectivity index (χ0n) is 16.0. The van der Waals surface area contributed by atoms with E-state index >= 15 is 0 Å². The predicted molar refractivity (Wildman–Crippen MR) is 111 cm³/mol. The Bertz CT molecular complexity index is 938. The Labute approximate surface area is 165 Å². The average molecular weight is 372 g/mol. The first-order chi connectivity index (χ1) is 13.8. The molecule has 0 radical (unpaired) electrons. The van der Waals surface area contributed by atoms with E-state index in [0.29, 0.717) is 18.7 Å². The number of anilines is 1. The van der Waals surface area contributed by atoms with Gasteiger partial charge in [-0.05, 0) is 41.8 Å². The third kappa shape index (κ3) is 3.72. The maximum absolute atomic E-state index is 13.3. The second kappa shape index (κ2) is 8.17. The molecule has 0 fully saturated rings. The quantitative estimate of drug-likeness (QED) is 0.643. The van der Waals surface area contributed by atoms with Crippen molar-refractivity contribution in [3.63, 3.8) is 0 Å². The summed E-state index contributed by atoms with van der Waals surface area (Å²) < 4.78 is 5.70. The predicted octanol–water partition coefficient (Wildman–Crippen LogP) is 5.24. The fourth-order valence-electron chi connectivity index (χ4n) is 3.47. The second-order valence-electron chi connectivity index (χ2n) is 6.93. The van der Waals surface area contributed by atoms with E-state index in [4.69, 9.17) is 4.74 Å². The van der Waals surface area contributed by atoms with Crippen LogP contribution in [0.3, 0.4) is 0 Å². The molecule has 1 unspecified atom stereocenters. The highest BCUT2D eigenvalue weighted by Gasteiger charge is 2.32. The van der Waals surface area contributed by atoms with Crippen molar-refractivity contribution in [2.75, 3.05) is 11.9 Å². The van der Waals surface area contributed by atoms with Crippen LogP contribution in [0.5, 0.6) is 5.75 Å². The van der Waals surface area contributed by atoms with E-state index in [1.54, 1.807) is 0 Å². The molecule has 0 spiro atoms. The van der Waals surface area contributed by atoms with Crippen molar-refractivity contribution in [3.05, 3.63) is 95.6 Å². The molecule has 1 N–H and O–H groups in total. The van der Waals surface area contributed by atoms with E-state index in [-0.39, 0.29) is 12.1 Å². The molecule has 0 bridgehead atoms. The Morgan fingerprint density at radius 1 is 0.929 bits per heavy atom. The van der Waals surface area contributed by atoms with Crippen LogP contribution in [0, 0.1) is 0 Å². The van der Waals surface area contributed by atoms with Crippen molar-refractivity contribution in [2.45, 2.75) is 26.1 Å². The van der Waals surface area contributed by atoms with Crippen molar-refractivity contribution in [1.82, 2.24) is 4.90 Å². The Morgan fingerprint density at radius 3 is 2.39 bits per heavy atom. The van der Waals surface area contributed by atoms with Crippen molar-refractivity contribution >= 4 is 11.6 Å². The number of carbonyl (C=O) groups excluding carboxylic acids is 1. The van der Waals surface area contributed by atoms with Crippen LogP contribution < -0.4 is 10.1 Å². The summed E-state index contributed by atoms with van der Waals surface area (Å²) in [5.74, 6) is 0.886. The number of carbonyl (C=O) groups is 1. The van der Waals surface area contributed by atoms with Crippen molar-refractivity contribution in [2.24, 2.45) is 0 Å². The lowest BCUT2D eigenvalue weighted by molar-refractivity contribution is 0.0666. The normalized spacial score (nSPS) is 15.7. The van der Waals surface area contributed by atoms with E-state index in [1.807, 2.05) is 83.8 Å². The van der Waals surface area contributed by atoms with E-state index in [0.717, 1.165) is 29.0 Å². The maximum Gasteiger partial charge on any atom is 0.258 e. The van der Waals surface area contributed by atoms with Gasteiger partial charge in [-0.2, -0.15) is 0 Å². The summed E-state index contributed by atoms with van der Waals surface area (Å²) in [6, 6.07) is 25.8. The van der Waals surface area contributed by atoms with Gasteiger partial charge in [0.05, 0.1) is 12.2 Å². The molecule has 0 aromatic heterocycles. The summed E-state index contributed by atoms with van der Waals surface area (Å²) in [7, 11) is 0. The van der Waals surface area contributed by atoms with Gasteiger partial charge in [0.25, 0.3) is 5.91 Å². The molecule has 1 aliphatic rings. The molecule has 4 heteroatoms. The smallest absolute Gasteiger partial charge is 0.258 e. The molecule has 1 heterocycles. The van der Waals surface area contributed by atoms with Crippen molar-refractivity contribution < 1.29 is 9.53 Å². The summed E-state index contributed by atoms with van der Waals surface area (Å²) >= 11 is 0. The number of amides is 1. The molecule has 1 amide bonds. The minimum atomic E-state index is -0.233. The molecule has 4 nitrogen and oxygen atoms in total. The van der Waals surface area contributed by atoms with E-state index < -0.39 is 0 Å². The van der Waals surface area contributed by atoms with Crippen LogP contribution in [0.25, 0.3) is 0 Å². The van der Waals surface area contributed by atoms with Gasteiger partial charge in [-0.15, -0.1) is 0 Å². The molecule has 3 aromatic rings. The topological polar surface area (TPSA) is 41.6 Å². The van der Waals surface area contributed by atoms with Crippen molar-refractivity contribution in [3.8, 4) is 5.75 Å². The lowest BCUT2D eigenvalue weighted by atomic mass is 10.0. The minimum Gasteiger partial charge on any atom is -0.494 e. The summed E-state index contributed by atoms with van der Waals surface area (Å²) in [5, 5.41) is 3.54. The average Bonchev–Trinajstić information content (AvgIpc) is 2.75. The summed E-state index contributed by atoms with van der Waals surface area (Å²) in [5.41, 5.74) is 3.71. The number of rotatable bonds is 6. The number of ether oxygens (including phenoxy) is 1. The first kappa shape index (κ1) is 18.1. The fraction of sp³-hybridized carbons (Fsp3) is 0.208. The Morgan fingerprint density at radius 2 is 1.64 bits per heavy atom. The van der Waals surface area contributed by atoms with Crippen LogP contribution in [0.4, 0.5) is 5.69 Å². The van der Waals surface area contributed by atoms with Crippen LogP contribution in [-0.4, -0.2) is 17.4 Å². The lowest BCUT2D eigenvalue weighted by Crippen LogP contribution is -2.42. The second-order valence-corrected chi connectivity index (χ2v) is 6.93. The molecule has 1 atom stereocenters. The highest BCUT2D eigenvalue weighted by atomic mass is 16.5. The van der Waals surface area contributed by atoms with Gasteiger partial charge in [0.15, 0.2) is 0 Å². The molecule has 0 aliphatic carbocycles. The van der Waals surface area contributed by atoms with Gasteiger partial charge < -0.3 is 15.0 Å². The van der Waals surface area contributed by atoms with Crippen LogP contribution in [0.1, 0.15) is 41.0 Å². The number of hydrogen-bond acceptors (Lipinski definition) is 3. The summed E-state index contributed by atoms with van der Waals surface area (Å²) in [6.45, 7) is 3.33. The molecular formula is C24H24N2O2. The molecule has 142 valence electrons. The first-order valence-corrected chi connectivity index (χ1v) is 9.69. The maximum atomic E-state index is 13.3. The van der Waals surface area contributed by atoms with Crippen LogP contribution >= 0.6 is 0 Å². The molecule has 1 aliphatic heterocycles. The first-order valence-electron chi connectivity index (χ1n) is 9.69. The van der Waals surface area contributed by atoms with Gasteiger partial charge >= 0.3 is 0 Å². The van der Waals surface area contributed by atoms with Crippen LogP contribution in [0.15, 0.2) is 78.9 Å². The van der Waals surface area contributed by atoms with Crippen LogP contribution in [-0.2, 0) is 6.54 Å². The van der Waals surface area contributed by atoms with Gasteiger partial charge in [-0.25, -0.2) is 0 Å². The number of hydrogen-bond donors (Lipinski definition) is 1. The molecule has 4 rings (SSSR count). The Balaban J connectivity index is 1.67. The SMILES string of the molecule is CCCOc1ccc(C2Nc3ccccc3C(=O)N2Cc2ccccc2)cc1. The number of benzene rings is 3. The zero-order chi connectivity index (χ0) is 19.3. The van der Waals surface area contributed by atoms with Crippen molar-refractivity contribution in [1.29, 1.82) is 0 Å². The van der Waals surface area contributed by atoms with Gasteiger partial charge in [-0.1, -0.05) is 61.5 Å². The van der Waals surface area contributed by atoms with E-state index in [2.05, 4.69) is 12.2 Å². The molecule has 3 aromatic carbocycles. The molecular weight excluding hydrogens is 348 g/mol. The van der Waals surface area contributed by atoms with Crippen LogP contribution in [0.2, 0.25) is 0 Å². The monoisotopic (exact) mass is 372 g/mol. The molecule has 0 saturated carbocycles. The summed E-state index contributed by atoms with van der Waals surface area (Å²) in [4.78, 5) is 15.2. The zero-order valence-corrected chi connectivity index (χ0v) is 16.0. The standard InChI is InChI=1S/C24H24N2O2/c1-2-16-28-20-14-12-19(13-15-20)23-25-22-11-7-6-10-21(22)24(27)26(23)17-18-8-4-3-5-9-18/h3-15,23,25H,2,16-17H2,1H3. The number of fused-ring (bicyclic) bond motifs is 1. The number of nitrogens with zero attached hydrogens (tertiary/aromatic N) is 1. The van der Waals surface area contributed by atoms with Gasteiger partial charge in [0.2, 0.25) is 0 Å². The largest absolute Gasteiger partial charge is 0.494 e. The molecule has 28 heavy (non-hydrogen) atoms. The fourth-order valence-corrected chi connectivity index (χ4v) is 3.47. The summed E-state index contributed by atoms with van der Waals surface area (Å²) in [6.07, 6.45) is 0.741. The Hall–Kier alpha value is -3.27. The van der Waals surface area contributed by atoms with Gasteiger partial charge in [-0.3, -0.25) is 4.79 Å². The lowest BCUT2D eigenvalue weighted by Gasteiger charge is -2.38. The van der Waals surface area contributed by atoms with E-state index in [1.165, 1.54) is 0 Å². The highest BCUT2D eigenvalue weighted by Crippen LogP contribution is 2.34. The number of para-hydroxylation sites is 1. The number of nitrogens with one attached hydrogen (secondary N) is 1. The van der Waals surface area contributed by atoms with Gasteiger partial charge in [0.1, 0.15) is 11.9 Å². The van der Waals surface area contributed by atoms with E-state index in [9.17, 15) is 4.79 Å². The highest BCUT2D eigenvalue weighted by molar-refractivity contribution is 6.01. The van der Waals surface area contributed by atoms with Gasteiger partial charge in [0, 0.05) is 12.2 Å². The minimum absolute atomic E-state index is 0.0366. The third-order valence-corrected chi connectivity index (χ3v) is 4.89. The third-order valence-electron chi connectivity index (χ3n) is 4.89.